The first-order chi connectivity index (χ1) is 8.70. The Morgan fingerprint density at radius 2 is 1.56 bits per heavy atom. The molecule has 0 unspecified atom stereocenters. The molecular formula is C14H24O4. The fourth-order valence-corrected chi connectivity index (χ4v) is 1.20. The molecule has 0 N–H and O–H groups in total. The summed E-state index contributed by atoms with van der Waals surface area (Å²) >= 11 is 0. The van der Waals surface area contributed by atoms with Gasteiger partial charge in [-0.1, -0.05) is 32.4 Å². The molecule has 4 nitrogen and oxygen atoms in total. The van der Waals surface area contributed by atoms with E-state index in [1.807, 2.05) is 26.0 Å². The molecule has 0 atom stereocenters. The lowest BCUT2D eigenvalue weighted by Crippen LogP contribution is -2.11. The van der Waals surface area contributed by atoms with Crippen molar-refractivity contribution in [2.24, 2.45) is 0 Å². The number of allylic oxidation sites excluding steroid dienone is 1. The predicted octanol–water partition coefficient (Wildman–Crippen LogP) is 3.01. The molecule has 4 heteroatoms. The smallest absolute Gasteiger partial charge is 0.306 e. The maximum Gasteiger partial charge on any atom is 0.306 e. The van der Waals surface area contributed by atoms with Gasteiger partial charge in [-0.3, -0.25) is 9.59 Å². The average Bonchev–Trinajstić information content (AvgIpc) is 2.36. The molecule has 0 radical (unpaired) electrons. The van der Waals surface area contributed by atoms with Gasteiger partial charge in [0.1, 0.15) is 0 Å². The second-order valence-corrected chi connectivity index (χ2v) is 3.96. The second kappa shape index (κ2) is 12.1. The lowest BCUT2D eigenvalue weighted by molar-refractivity contribution is -0.150. The Hall–Kier alpha value is -1.32. The summed E-state index contributed by atoms with van der Waals surface area (Å²) in [6.45, 7) is 4.89. The van der Waals surface area contributed by atoms with E-state index < -0.39 is 0 Å². The molecule has 0 aromatic carbocycles. The van der Waals surface area contributed by atoms with Crippen molar-refractivity contribution in [1.82, 2.24) is 0 Å². The summed E-state index contributed by atoms with van der Waals surface area (Å²) in [5.41, 5.74) is 0. The molecule has 0 saturated carbocycles. The van der Waals surface area contributed by atoms with Gasteiger partial charge in [0, 0.05) is 0 Å². The highest BCUT2D eigenvalue weighted by molar-refractivity contribution is 5.77. The van der Waals surface area contributed by atoms with Crippen LogP contribution >= 0.6 is 0 Å². The Labute approximate surface area is 109 Å². The molecule has 0 heterocycles. The number of carbonyl (C=O) groups excluding carboxylic acids is 2. The van der Waals surface area contributed by atoms with Gasteiger partial charge in [-0.2, -0.15) is 0 Å². The zero-order valence-electron chi connectivity index (χ0n) is 11.4. The maximum atomic E-state index is 11.3. The third kappa shape index (κ3) is 11.2. The van der Waals surface area contributed by atoms with E-state index in [0.29, 0.717) is 13.2 Å². The summed E-state index contributed by atoms with van der Waals surface area (Å²) in [5, 5.41) is 0. The zero-order valence-corrected chi connectivity index (χ0v) is 11.4. The van der Waals surface area contributed by atoms with E-state index >= 15 is 0 Å². The Bertz CT molecular complexity index is 259. The number of esters is 2. The minimum absolute atomic E-state index is 0.0997. The third-order valence-corrected chi connectivity index (χ3v) is 2.24. The van der Waals surface area contributed by atoms with Crippen LogP contribution < -0.4 is 0 Å². The van der Waals surface area contributed by atoms with E-state index in [2.05, 4.69) is 0 Å². The van der Waals surface area contributed by atoms with E-state index in [0.717, 1.165) is 25.7 Å². The Kier molecular flexibility index (Phi) is 11.3. The average molecular weight is 256 g/mol. The minimum Gasteiger partial charge on any atom is -0.466 e. The predicted molar refractivity (Wildman–Crippen MR) is 70.1 cm³/mol. The van der Waals surface area contributed by atoms with Crippen molar-refractivity contribution in [1.29, 1.82) is 0 Å². The lowest BCUT2D eigenvalue weighted by atomic mass is 10.3. The number of carbonyl (C=O) groups is 2. The van der Waals surface area contributed by atoms with Crippen LogP contribution in [0.4, 0.5) is 0 Å². The monoisotopic (exact) mass is 256 g/mol. The van der Waals surface area contributed by atoms with Gasteiger partial charge in [0.2, 0.25) is 0 Å². The van der Waals surface area contributed by atoms with Crippen LogP contribution in [-0.2, 0) is 19.1 Å². The van der Waals surface area contributed by atoms with Crippen LogP contribution in [0.2, 0.25) is 0 Å². The molecule has 0 aromatic heterocycles. The standard InChI is InChI=1S/C14H24O4/c1-3-5-7-8-12-18-14(16)10-9-13(15)17-11-6-4-2/h5,7H,3-4,6,8-12H2,1-2H3/b7-5-. The van der Waals surface area contributed by atoms with Gasteiger partial charge < -0.3 is 9.47 Å². The van der Waals surface area contributed by atoms with Crippen LogP contribution in [0.5, 0.6) is 0 Å². The van der Waals surface area contributed by atoms with Gasteiger partial charge >= 0.3 is 11.9 Å². The fraction of sp³-hybridized carbons (Fsp3) is 0.714. The van der Waals surface area contributed by atoms with Crippen molar-refractivity contribution in [2.45, 2.75) is 52.4 Å². The Morgan fingerprint density at radius 1 is 0.944 bits per heavy atom. The van der Waals surface area contributed by atoms with Gasteiger partial charge in [-0.25, -0.2) is 0 Å². The fourth-order valence-electron chi connectivity index (χ4n) is 1.20. The van der Waals surface area contributed by atoms with Gasteiger partial charge in [-0.15, -0.1) is 0 Å². The van der Waals surface area contributed by atoms with Crippen LogP contribution in [0, 0.1) is 0 Å². The molecule has 104 valence electrons. The molecule has 0 fully saturated rings. The topological polar surface area (TPSA) is 52.6 Å². The molecule has 0 aliphatic carbocycles. The molecular weight excluding hydrogens is 232 g/mol. The molecule has 0 amide bonds. The first-order valence-corrected chi connectivity index (χ1v) is 6.66. The second-order valence-electron chi connectivity index (χ2n) is 3.96. The van der Waals surface area contributed by atoms with Crippen molar-refractivity contribution in [3.05, 3.63) is 12.2 Å². The van der Waals surface area contributed by atoms with Gasteiger partial charge in [0.15, 0.2) is 0 Å². The molecule has 0 saturated heterocycles. The zero-order chi connectivity index (χ0) is 13.6. The molecule has 0 aromatic rings. The largest absolute Gasteiger partial charge is 0.466 e. The van der Waals surface area contributed by atoms with E-state index in [1.165, 1.54) is 0 Å². The van der Waals surface area contributed by atoms with Crippen LogP contribution in [0.15, 0.2) is 12.2 Å². The normalized spacial score (nSPS) is 10.6. The Morgan fingerprint density at radius 3 is 2.11 bits per heavy atom. The summed E-state index contributed by atoms with van der Waals surface area (Å²) in [6.07, 6.45) is 7.76. The van der Waals surface area contributed by atoms with E-state index in [-0.39, 0.29) is 24.8 Å². The van der Waals surface area contributed by atoms with Gasteiger partial charge in [-0.05, 0) is 19.3 Å². The summed E-state index contributed by atoms with van der Waals surface area (Å²) in [7, 11) is 0. The quantitative estimate of drug-likeness (QED) is 0.342. The number of rotatable bonds is 10. The van der Waals surface area contributed by atoms with E-state index in [1.54, 1.807) is 0 Å². The summed E-state index contributed by atoms with van der Waals surface area (Å²) in [6, 6.07) is 0. The molecule has 0 aliphatic heterocycles. The third-order valence-electron chi connectivity index (χ3n) is 2.24. The number of ether oxygens (including phenoxy) is 2. The molecule has 0 aliphatic rings. The highest BCUT2D eigenvalue weighted by Gasteiger charge is 2.08. The maximum absolute atomic E-state index is 11.3. The Balaban J connectivity index is 3.46. The molecule has 0 bridgehead atoms. The van der Waals surface area contributed by atoms with Crippen molar-refractivity contribution in [3.63, 3.8) is 0 Å². The summed E-state index contributed by atoms with van der Waals surface area (Å²) in [5.74, 6) is -0.668. The minimum atomic E-state index is -0.340. The SMILES string of the molecule is CC/C=C\CCOC(=O)CCC(=O)OCCCC. The summed E-state index contributed by atoms with van der Waals surface area (Å²) in [4.78, 5) is 22.5. The van der Waals surface area contributed by atoms with Crippen LogP contribution in [-0.4, -0.2) is 25.2 Å². The van der Waals surface area contributed by atoms with Gasteiger partial charge in [0.25, 0.3) is 0 Å². The van der Waals surface area contributed by atoms with Crippen molar-refractivity contribution >= 4 is 11.9 Å². The molecule has 0 rings (SSSR count). The van der Waals surface area contributed by atoms with Crippen LogP contribution in [0.25, 0.3) is 0 Å². The van der Waals surface area contributed by atoms with E-state index in [9.17, 15) is 9.59 Å². The van der Waals surface area contributed by atoms with Crippen molar-refractivity contribution in [3.8, 4) is 0 Å². The van der Waals surface area contributed by atoms with Crippen molar-refractivity contribution < 1.29 is 19.1 Å². The lowest BCUT2D eigenvalue weighted by Gasteiger charge is -2.04. The first kappa shape index (κ1) is 16.7. The number of unbranched alkanes of at least 4 members (excludes halogenated alkanes) is 1. The van der Waals surface area contributed by atoms with E-state index in [4.69, 9.17) is 9.47 Å². The molecule has 0 spiro atoms. The molecule has 18 heavy (non-hydrogen) atoms. The first-order valence-electron chi connectivity index (χ1n) is 6.66. The highest BCUT2D eigenvalue weighted by atomic mass is 16.5. The summed E-state index contributed by atoms with van der Waals surface area (Å²) < 4.78 is 9.90. The number of hydrogen-bond donors (Lipinski definition) is 0. The number of hydrogen-bond acceptors (Lipinski definition) is 4. The highest BCUT2D eigenvalue weighted by Crippen LogP contribution is 1.98. The van der Waals surface area contributed by atoms with Crippen LogP contribution in [0.3, 0.4) is 0 Å². The van der Waals surface area contributed by atoms with Crippen molar-refractivity contribution in [2.75, 3.05) is 13.2 Å². The van der Waals surface area contributed by atoms with Gasteiger partial charge in [0.05, 0.1) is 26.1 Å². The van der Waals surface area contributed by atoms with Crippen LogP contribution in [0.1, 0.15) is 52.4 Å².